The molecule has 0 unspecified atom stereocenters. The van der Waals surface area contributed by atoms with Gasteiger partial charge in [0, 0.05) is 31.3 Å². The quantitative estimate of drug-likeness (QED) is 0.471. The van der Waals surface area contributed by atoms with Gasteiger partial charge in [0.25, 0.3) is 0 Å². The molecular weight excluding hydrogens is 452 g/mol. The van der Waals surface area contributed by atoms with E-state index < -0.39 is 12.2 Å². The van der Waals surface area contributed by atoms with Gasteiger partial charge in [-0.05, 0) is 31.9 Å². The highest BCUT2D eigenvalue weighted by Crippen LogP contribution is 2.46. The van der Waals surface area contributed by atoms with Crippen molar-refractivity contribution in [2.24, 2.45) is 0 Å². The molecule has 0 bridgehead atoms. The molecule has 0 spiro atoms. The molecule has 9 heteroatoms. The molecule has 0 N–H and O–H groups in total. The van der Waals surface area contributed by atoms with Crippen LogP contribution in [0.25, 0.3) is 0 Å². The predicted octanol–water partition coefficient (Wildman–Crippen LogP) is 4.79. The Labute approximate surface area is 206 Å². The number of hydrogen-bond donors (Lipinski definition) is 0. The number of anilines is 1. The third kappa shape index (κ3) is 5.97. The van der Waals surface area contributed by atoms with E-state index in [1.165, 1.54) is 7.11 Å². The molecule has 3 rings (SSSR count). The molecule has 9 nitrogen and oxygen atoms in total. The van der Waals surface area contributed by atoms with Crippen molar-refractivity contribution < 1.29 is 33.3 Å². The topological polar surface area (TPSA) is 86.8 Å². The lowest BCUT2D eigenvalue weighted by Crippen LogP contribution is -2.48. The van der Waals surface area contributed by atoms with Crippen molar-refractivity contribution in [2.45, 2.75) is 38.9 Å². The minimum absolute atomic E-state index is 0.133. The normalized spacial score (nSPS) is 16.8. The van der Waals surface area contributed by atoms with Crippen LogP contribution in [0.15, 0.2) is 42.5 Å². The zero-order valence-corrected chi connectivity index (χ0v) is 21.0. The molecule has 0 fully saturated rings. The number of rotatable bonds is 9. The van der Waals surface area contributed by atoms with Gasteiger partial charge in [-0.15, -0.1) is 0 Å². The van der Waals surface area contributed by atoms with E-state index in [9.17, 15) is 9.59 Å². The number of methoxy groups -OCH3 is 3. The maximum absolute atomic E-state index is 13.2. The molecule has 2 aromatic rings. The fourth-order valence-corrected chi connectivity index (χ4v) is 4.30. The van der Waals surface area contributed by atoms with Crippen LogP contribution in [0.2, 0.25) is 0 Å². The average molecular weight is 487 g/mol. The standard InChI is InChI=1S/C26H34N2O7/c1-6-34-25(29)27(17-19-10-8-7-9-11-19)21-14-18(2)28(26(30)35-13-12-31-3)22-16-24(33-5)23(32-4)15-20(21)22/h7-11,15-16,18,21H,6,12-14,17H2,1-5H3/t18-,21+/m1/s1. The van der Waals surface area contributed by atoms with Gasteiger partial charge in [-0.25, -0.2) is 9.59 Å². The summed E-state index contributed by atoms with van der Waals surface area (Å²) in [6, 6.07) is 12.7. The van der Waals surface area contributed by atoms with Crippen molar-refractivity contribution in [3.05, 3.63) is 53.6 Å². The Morgan fingerprint density at radius 2 is 1.69 bits per heavy atom. The van der Waals surface area contributed by atoms with Crippen LogP contribution < -0.4 is 14.4 Å². The molecule has 1 aliphatic rings. The van der Waals surface area contributed by atoms with Gasteiger partial charge in [-0.2, -0.15) is 0 Å². The average Bonchev–Trinajstić information content (AvgIpc) is 2.86. The molecule has 35 heavy (non-hydrogen) atoms. The van der Waals surface area contributed by atoms with Gasteiger partial charge >= 0.3 is 12.2 Å². The number of benzene rings is 2. The Hall–Kier alpha value is -3.46. The Morgan fingerprint density at radius 3 is 2.31 bits per heavy atom. The first-order valence-electron chi connectivity index (χ1n) is 11.6. The van der Waals surface area contributed by atoms with Crippen LogP contribution in [0, 0.1) is 0 Å². The molecule has 2 atom stereocenters. The Balaban J connectivity index is 2.09. The van der Waals surface area contributed by atoms with Gasteiger partial charge in [-0.3, -0.25) is 9.80 Å². The van der Waals surface area contributed by atoms with E-state index in [2.05, 4.69) is 0 Å². The summed E-state index contributed by atoms with van der Waals surface area (Å²) >= 11 is 0. The van der Waals surface area contributed by atoms with Crippen LogP contribution in [0.1, 0.15) is 37.4 Å². The second kappa shape index (κ2) is 12.3. The maximum Gasteiger partial charge on any atom is 0.414 e. The molecule has 190 valence electrons. The van der Waals surface area contributed by atoms with Gasteiger partial charge in [0.15, 0.2) is 11.5 Å². The summed E-state index contributed by atoms with van der Waals surface area (Å²) in [5.41, 5.74) is 2.31. The number of ether oxygens (including phenoxy) is 5. The molecule has 1 aliphatic heterocycles. The van der Waals surface area contributed by atoms with E-state index in [1.54, 1.807) is 37.0 Å². The first-order valence-corrected chi connectivity index (χ1v) is 11.6. The number of carbonyl (C=O) groups is 2. The van der Waals surface area contributed by atoms with Crippen molar-refractivity contribution >= 4 is 17.9 Å². The van der Waals surface area contributed by atoms with Gasteiger partial charge in [-0.1, -0.05) is 30.3 Å². The molecule has 0 saturated heterocycles. The minimum atomic E-state index is -0.493. The molecular formula is C26H34N2O7. The summed E-state index contributed by atoms with van der Waals surface area (Å²) in [5, 5.41) is 0. The highest BCUT2D eigenvalue weighted by Gasteiger charge is 2.40. The summed E-state index contributed by atoms with van der Waals surface area (Å²) < 4.78 is 26.9. The number of amides is 2. The summed E-state index contributed by atoms with van der Waals surface area (Å²) in [6.07, 6.45) is -0.439. The van der Waals surface area contributed by atoms with Crippen molar-refractivity contribution in [2.75, 3.05) is 46.0 Å². The molecule has 0 saturated carbocycles. The third-order valence-electron chi connectivity index (χ3n) is 5.94. The van der Waals surface area contributed by atoms with Gasteiger partial charge < -0.3 is 23.7 Å². The Kier molecular flexibility index (Phi) is 9.19. The Bertz CT molecular complexity index is 999. The SMILES string of the molecule is CCOC(=O)N(Cc1ccccc1)[C@H]1C[C@@H](C)N(C(=O)OCCOC)c2cc(OC)c(OC)cc21. The van der Waals surface area contributed by atoms with Crippen LogP contribution >= 0.6 is 0 Å². The van der Waals surface area contributed by atoms with Crippen molar-refractivity contribution in [1.82, 2.24) is 4.90 Å². The largest absolute Gasteiger partial charge is 0.493 e. The van der Waals surface area contributed by atoms with E-state index in [1.807, 2.05) is 43.3 Å². The predicted molar refractivity (Wildman–Crippen MR) is 131 cm³/mol. The van der Waals surface area contributed by atoms with Crippen LogP contribution in [-0.4, -0.2) is 64.3 Å². The summed E-state index contributed by atoms with van der Waals surface area (Å²) in [6.45, 7) is 4.74. The number of fused-ring (bicyclic) bond motifs is 1. The molecule has 0 radical (unpaired) electrons. The lowest BCUT2D eigenvalue weighted by Gasteiger charge is -2.42. The van der Waals surface area contributed by atoms with Gasteiger partial charge in [0.2, 0.25) is 0 Å². The van der Waals surface area contributed by atoms with Crippen LogP contribution in [-0.2, 0) is 20.8 Å². The first kappa shape index (κ1) is 26.2. The van der Waals surface area contributed by atoms with Crippen molar-refractivity contribution in [1.29, 1.82) is 0 Å². The highest BCUT2D eigenvalue weighted by molar-refractivity contribution is 5.91. The first-order chi connectivity index (χ1) is 16.9. The van der Waals surface area contributed by atoms with Gasteiger partial charge in [0.1, 0.15) is 6.61 Å². The van der Waals surface area contributed by atoms with Crippen molar-refractivity contribution in [3.63, 3.8) is 0 Å². The lowest BCUT2D eigenvalue weighted by molar-refractivity contribution is 0.0795. The summed E-state index contributed by atoms with van der Waals surface area (Å²) in [5.74, 6) is 0.974. The fourth-order valence-electron chi connectivity index (χ4n) is 4.30. The smallest absolute Gasteiger partial charge is 0.414 e. The van der Waals surface area contributed by atoms with Crippen LogP contribution in [0.3, 0.4) is 0 Å². The summed E-state index contributed by atoms with van der Waals surface area (Å²) in [4.78, 5) is 29.5. The van der Waals surface area contributed by atoms with E-state index in [-0.39, 0.29) is 25.3 Å². The molecule has 1 heterocycles. The van der Waals surface area contributed by atoms with E-state index in [4.69, 9.17) is 23.7 Å². The second-order valence-electron chi connectivity index (χ2n) is 8.16. The maximum atomic E-state index is 13.2. The Morgan fingerprint density at radius 1 is 1.00 bits per heavy atom. The highest BCUT2D eigenvalue weighted by atomic mass is 16.6. The molecule has 2 aromatic carbocycles. The zero-order chi connectivity index (χ0) is 25.4. The second-order valence-corrected chi connectivity index (χ2v) is 8.16. The van der Waals surface area contributed by atoms with Crippen LogP contribution in [0.5, 0.6) is 11.5 Å². The van der Waals surface area contributed by atoms with E-state index in [0.717, 1.165) is 11.1 Å². The molecule has 2 amide bonds. The molecule has 0 aliphatic carbocycles. The number of hydrogen-bond acceptors (Lipinski definition) is 7. The number of carbonyl (C=O) groups excluding carboxylic acids is 2. The summed E-state index contributed by atoms with van der Waals surface area (Å²) in [7, 11) is 4.63. The van der Waals surface area contributed by atoms with E-state index >= 15 is 0 Å². The zero-order valence-electron chi connectivity index (χ0n) is 21.0. The lowest BCUT2D eigenvalue weighted by atomic mass is 9.90. The monoisotopic (exact) mass is 486 g/mol. The fraction of sp³-hybridized carbons (Fsp3) is 0.462. The minimum Gasteiger partial charge on any atom is -0.493 e. The third-order valence-corrected chi connectivity index (χ3v) is 5.94. The molecule has 0 aromatic heterocycles. The van der Waals surface area contributed by atoms with Crippen molar-refractivity contribution in [3.8, 4) is 11.5 Å². The van der Waals surface area contributed by atoms with Crippen LogP contribution in [0.4, 0.5) is 15.3 Å². The number of nitrogens with zero attached hydrogens (tertiary/aromatic N) is 2. The van der Waals surface area contributed by atoms with Gasteiger partial charge in [0.05, 0.1) is 39.2 Å². The van der Waals surface area contributed by atoms with E-state index in [0.29, 0.717) is 36.8 Å².